The van der Waals surface area contributed by atoms with Gasteiger partial charge in [0.1, 0.15) is 12.7 Å². The zero-order valence-electron chi connectivity index (χ0n) is 19.7. The maximum absolute atomic E-state index is 12.6. The molecule has 0 bridgehead atoms. The number of methoxy groups -OCH3 is 1. The van der Waals surface area contributed by atoms with Crippen LogP contribution in [0.4, 0.5) is 0 Å². The Kier molecular flexibility index (Phi) is 9.01. The second-order valence-electron chi connectivity index (χ2n) is 9.40. The first-order valence-electron chi connectivity index (χ1n) is 9.99. The molecule has 0 aromatic carbocycles. The van der Waals surface area contributed by atoms with Gasteiger partial charge in [0, 0.05) is 21.0 Å². The highest BCUT2D eigenvalue weighted by atomic mass is 16.7. The molecule has 0 aromatic rings. The van der Waals surface area contributed by atoms with Crippen molar-refractivity contribution in [2.24, 2.45) is 10.8 Å². The van der Waals surface area contributed by atoms with Crippen molar-refractivity contribution in [3.8, 4) is 0 Å². The van der Waals surface area contributed by atoms with E-state index >= 15 is 0 Å². The minimum Gasteiger partial charge on any atom is -0.462 e. The standard InChI is InChI=1S/C21H34O10/c1-11(22)28-14-13(10-27-18(24)20(3,4)5)30-17(26-9)16(29-12(2)23)15(14)31-19(25)21(6,7)8/h13-17H,10H2,1-9H3/t13-,14+,15+,16-,17+/m1/s1. The molecule has 0 N–H and O–H groups in total. The Morgan fingerprint density at radius 3 is 1.65 bits per heavy atom. The Bertz CT molecular complexity index is 673. The molecule has 1 rings (SSSR count). The van der Waals surface area contributed by atoms with Crippen molar-refractivity contribution in [2.75, 3.05) is 13.7 Å². The van der Waals surface area contributed by atoms with Crippen LogP contribution in [0.15, 0.2) is 0 Å². The van der Waals surface area contributed by atoms with Crippen LogP contribution in [0.5, 0.6) is 0 Å². The summed E-state index contributed by atoms with van der Waals surface area (Å²) in [5.74, 6) is -2.48. The molecule has 10 heteroatoms. The van der Waals surface area contributed by atoms with Gasteiger partial charge >= 0.3 is 23.9 Å². The smallest absolute Gasteiger partial charge is 0.311 e. The molecule has 1 aliphatic rings. The SMILES string of the molecule is CO[C@H]1O[C@H](COC(=O)C(C)(C)C)[C@H](OC(C)=O)[C@H](OC(=O)C(C)(C)C)[C@H]1OC(C)=O. The van der Waals surface area contributed by atoms with E-state index in [2.05, 4.69) is 0 Å². The Balaban J connectivity index is 3.31. The Morgan fingerprint density at radius 2 is 1.23 bits per heavy atom. The summed E-state index contributed by atoms with van der Waals surface area (Å²) in [5, 5.41) is 0. The highest BCUT2D eigenvalue weighted by molar-refractivity contribution is 5.76. The highest BCUT2D eigenvalue weighted by Crippen LogP contribution is 2.31. The average molecular weight is 446 g/mol. The van der Waals surface area contributed by atoms with Gasteiger partial charge in [0.15, 0.2) is 24.6 Å². The molecular weight excluding hydrogens is 412 g/mol. The molecule has 31 heavy (non-hydrogen) atoms. The van der Waals surface area contributed by atoms with E-state index in [-0.39, 0.29) is 6.61 Å². The van der Waals surface area contributed by atoms with Gasteiger partial charge < -0.3 is 28.4 Å². The lowest BCUT2D eigenvalue weighted by atomic mass is 9.94. The van der Waals surface area contributed by atoms with E-state index in [4.69, 9.17) is 28.4 Å². The fourth-order valence-electron chi connectivity index (χ4n) is 2.66. The van der Waals surface area contributed by atoms with Crippen LogP contribution in [0, 0.1) is 10.8 Å². The van der Waals surface area contributed by atoms with Crippen LogP contribution >= 0.6 is 0 Å². The third-order valence-electron chi connectivity index (χ3n) is 4.27. The summed E-state index contributed by atoms with van der Waals surface area (Å²) < 4.78 is 32.7. The van der Waals surface area contributed by atoms with Gasteiger partial charge in [-0.1, -0.05) is 0 Å². The highest BCUT2D eigenvalue weighted by Gasteiger charge is 2.53. The summed E-state index contributed by atoms with van der Waals surface area (Å²) in [6.45, 7) is 12.0. The molecule has 1 fully saturated rings. The zero-order chi connectivity index (χ0) is 24.1. The summed E-state index contributed by atoms with van der Waals surface area (Å²) >= 11 is 0. The van der Waals surface area contributed by atoms with E-state index < -0.39 is 65.4 Å². The molecule has 1 saturated heterocycles. The molecule has 0 amide bonds. The topological polar surface area (TPSA) is 124 Å². The minimum absolute atomic E-state index is 0.301. The second kappa shape index (κ2) is 10.4. The number of ether oxygens (including phenoxy) is 6. The van der Waals surface area contributed by atoms with E-state index in [1.807, 2.05) is 0 Å². The number of carbonyl (C=O) groups is 4. The Hall–Kier alpha value is -2.20. The third-order valence-corrected chi connectivity index (χ3v) is 4.27. The largest absolute Gasteiger partial charge is 0.462 e. The maximum Gasteiger partial charge on any atom is 0.311 e. The molecule has 1 aliphatic heterocycles. The summed E-state index contributed by atoms with van der Waals surface area (Å²) in [5.41, 5.74) is -1.67. The quantitative estimate of drug-likeness (QED) is 0.440. The number of hydrogen-bond acceptors (Lipinski definition) is 10. The lowest BCUT2D eigenvalue weighted by Crippen LogP contribution is -2.63. The Labute approximate surface area is 182 Å². The number of hydrogen-bond donors (Lipinski definition) is 0. The number of carbonyl (C=O) groups excluding carboxylic acids is 4. The molecular formula is C21H34O10. The van der Waals surface area contributed by atoms with Crippen LogP contribution in [0.2, 0.25) is 0 Å². The zero-order valence-corrected chi connectivity index (χ0v) is 19.7. The van der Waals surface area contributed by atoms with E-state index in [9.17, 15) is 19.2 Å². The monoisotopic (exact) mass is 446 g/mol. The predicted molar refractivity (Wildman–Crippen MR) is 107 cm³/mol. The molecule has 178 valence electrons. The van der Waals surface area contributed by atoms with Crippen LogP contribution in [-0.2, 0) is 47.6 Å². The van der Waals surface area contributed by atoms with E-state index in [1.54, 1.807) is 41.5 Å². The number of esters is 4. The lowest BCUT2D eigenvalue weighted by molar-refractivity contribution is -0.304. The van der Waals surface area contributed by atoms with Gasteiger partial charge in [-0.3, -0.25) is 19.2 Å². The van der Waals surface area contributed by atoms with Crippen LogP contribution in [0.25, 0.3) is 0 Å². The molecule has 0 spiro atoms. The van der Waals surface area contributed by atoms with Crippen molar-refractivity contribution >= 4 is 23.9 Å². The van der Waals surface area contributed by atoms with Crippen LogP contribution in [0.3, 0.4) is 0 Å². The van der Waals surface area contributed by atoms with Crippen molar-refractivity contribution in [1.82, 2.24) is 0 Å². The van der Waals surface area contributed by atoms with Gasteiger partial charge in [0.2, 0.25) is 0 Å². The van der Waals surface area contributed by atoms with Gasteiger partial charge in [-0.15, -0.1) is 0 Å². The van der Waals surface area contributed by atoms with Gasteiger partial charge in [-0.25, -0.2) is 0 Å². The number of rotatable bonds is 6. The molecule has 0 unspecified atom stereocenters. The molecule has 1 heterocycles. The fraction of sp³-hybridized carbons (Fsp3) is 0.810. The summed E-state index contributed by atoms with van der Waals surface area (Å²) in [6, 6.07) is 0. The van der Waals surface area contributed by atoms with Crippen LogP contribution < -0.4 is 0 Å². The van der Waals surface area contributed by atoms with Crippen molar-refractivity contribution in [3.05, 3.63) is 0 Å². The molecule has 10 nitrogen and oxygen atoms in total. The van der Waals surface area contributed by atoms with E-state index in [0.29, 0.717) is 0 Å². The summed E-state index contributed by atoms with van der Waals surface area (Å²) in [4.78, 5) is 48.3. The normalized spacial score (nSPS) is 26.5. The van der Waals surface area contributed by atoms with Gasteiger partial charge in [-0.05, 0) is 41.5 Å². The summed E-state index contributed by atoms with van der Waals surface area (Å²) in [7, 11) is 1.31. The van der Waals surface area contributed by atoms with Crippen molar-refractivity contribution in [2.45, 2.75) is 86.1 Å². The molecule has 0 aromatic heterocycles. The predicted octanol–water partition coefficient (Wildman–Crippen LogP) is 1.77. The maximum atomic E-state index is 12.6. The van der Waals surface area contributed by atoms with Crippen molar-refractivity contribution in [3.63, 3.8) is 0 Å². The van der Waals surface area contributed by atoms with Gasteiger partial charge in [-0.2, -0.15) is 0 Å². The minimum atomic E-state index is -1.25. The first kappa shape index (κ1) is 26.8. The second-order valence-corrected chi connectivity index (χ2v) is 9.40. The van der Waals surface area contributed by atoms with Crippen molar-refractivity contribution < 1.29 is 47.6 Å². The molecule has 0 aliphatic carbocycles. The molecule has 0 saturated carbocycles. The van der Waals surface area contributed by atoms with Crippen LogP contribution in [-0.4, -0.2) is 68.3 Å². The van der Waals surface area contributed by atoms with Gasteiger partial charge in [0.05, 0.1) is 10.8 Å². The molecule has 0 radical (unpaired) electrons. The van der Waals surface area contributed by atoms with Gasteiger partial charge in [0.25, 0.3) is 0 Å². The van der Waals surface area contributed by atoms with Crippen molar-refractivity contribution in [1.29, 1.82) is 0 Å². The lowest BCUT2D eigenvalue weighted by Gasteiger charge is -2.44. The fourth-order valence-corrected chi connectivity index (χ4v) is 2.66. The van der Waals surface area contributed by atoms with E-state index in [1.165, 1.54) is 21.0 Å². The third kappa shape index (κ3) is 7.77. The molecule has 5 atom stereocenters. The Morgan fingerprint density at radius 1 is 0.742 bits per heavy atom. The first-order valence-corrected chi connectivity index (χ1v) is 9.99. The average Bonchev–Trinajstić information content (AvgIpc) is 2.60. The first-order chi connectivity index (χ1) is 14.1. The van der Waals surface area contributed by atoms with Crippen LogP contribution in [0.1, 0.15) is 55.4 Å². The summed E-state index contributed by atoms with van der Waals surface area (Å²) in [6.07, 6.45) is -5.88. The van der Waals surface area contributed by atoms with E-state index in [0.717, 1.165) is 0 Å².